The fourth-order valence-corrected chi connectivity index (χ4v) is 6.44. The summed E-state index contributed by atoms with van der Waals surface area (Å²) in [6.45, 7) is 1.39. The Morgan fingerprint density at radius 1 is 1.17 bits per heavy atom. The minimum absolute atomic E-state index is 0.0223. The second kappa shape index (κ2) is 8.61. The number of carbonyl (C=O) groups excluding carboxylic acids is 1. The highest BCUT2D eigenvalue weighted by atomic mass is 32.2. The van der Waals surface area contributed by atoms with E-state index in [2.05, 4.69) is 5.32 Å². The molecule has 2 aliphatic rings. The number of nitrogens with one attached hydrogen (secondary N) is 1. The molecule has 3 atom stereocenters. The molecule has 0 radical (unpaired) electrons. The normalized spacial score (nSPS) is 25.8. The lowest BCUT2D eigenvalue weighted by molar-refractivity contribution is -0.118. The van der Waals surface area contributed by atoms with Crippen molar-refractivity contribution in [3.8, 4) is 0 Å². The number of hydrogen-bond donors (Lipinski definition) is 2. The molecule has 3 N–H and O–H groups in total. The van der Waals surface area contributed by atoms with E-state index in [0.29, 0.717) is 18.9 Å². The minimum Gasteiger partial charge on any atom is -0.355 e. The van der Waals surface area contributed by atoms with Crippen molar-refractivity contribution < 1.29 is 26.4 Å². The summed E-state index contributed by atoms with van der Waals surface area (Å²) in [6, 6.07) is 0.511. The quantitative estimate of drug-likeness (QED) is 0.640. The fourth-order valence-electron chi connectivity index (χ4n) is 4.58. The predicted molar refractivity (Wildman–Crippen MR) is 102 cm³/mol. The number of benzene rings is 1. The monoisotopic (exact) mass is 433 g/mol. The average Bonchev–Trinajstić information content (AvgIpc) is 2.90. The van der Waals surface area contributed by atoms with Gasteiger partial charge in [-0.05, 0) is 49.7 Å². The van der Waals surface area contributed by atoms with Gasteiger partial charge in [-0.25, -0.2) is 21.6 Å². The second-order valence-electron chi connectivity index (χ2n) is 7.97. The molecule has 0 saturated carbocycles. The van der Waals surface area contributed by atoms with E-state index in [4.69, 9.17) is 5.73 Å². The van der Waals surface area contributed by atoms with Crippen molar-refractivity contribution in [1.29, 1.82) is 0 Å². The van der Waals surface area contributed by atoms with Crippen molar-refractivity contribution in [2.75, 3.05) is 12.3 Å². The van der Waals surface area contributed by atoms with Gasteiger partial charge in [0.05, 0.1) is 5.75 Å². The summed E-state index contributed by atoms with van der Waals surface area (Å²) in [6.07, 6.45) is 2.60. The molecule has 2 aliphatic heterocycles. The number of nitrogens with zero attached hydrogens (tertiary/aromatic N) is 1. The van der Waals surface area contributed by atoms with Gasteiger partial charge in [0.15, 0.2) is 11.6 Å². The minimum atomic E-state index is -3.51. The van der Waals surface area contributed by atoms with Gasteiger partial charge < -0.3 is 11.1 Å². The summed E-state index contributed by atoms with van der Waals surface area (Å²) in [5.74, 6) is -3.67. The Morgan fingerprint density at radius 3 is 2.34 bits per heavy atom. The summed E-state index contributed by atoms with van der Waals surface area (Å²) in [5, 5.41) is 2.50. The lowest BCUT2D eigenvalue weighted by atomic mass is 9.83. The van der Waals surface area contributed by atoms with Gasteiger partial charge in [-0.2, -0.15) is 4.31 Å². The first-order chi connectivity index (χ1) is 13.6. The zero-order valence-corrected chi connectivity index (χ0v) is 17.0. The first kappa shape index (κ1) is 22.0. The van der Waals surface area contributed by atoms with Crippen LogP contribution in [0.25, 0.3) is 0 Å². The van der Waals surface area contributed by atoms with Crippen LogP contribution in [0.3, 0.4) is 0 Å². The highest BCUT2D eigenvalue weighted by molar-refractivity contribution is 7.89. The molecule has 2 heterocycles. The number of sulfonamides is 1. The van der Waals surface area contributed by atoms with Crippen LogP contribution in [0, 0.1) is 23.4 Å². The molecule has 0 spiro atoms. The van der Waals surface area contributed by atoms with Crippen molar-refractivity contribution in [2.45, 2.75) is 57.2 Å². The molecule has 1 amide bonds. The Morgan fingerprint density at radius 2 is 1.76 bits per heavy atom. The molecule has 1 aromatic rings. The molecule has 2 saturated heterocycles. The van der Waals surface area contributed by atoms with E-state index in [1.807, 2.05) is 0 Å². The van der Waals surface area contributed by atoms with Gasteiger partial charge in [0.25, 0.3) is 0 Å². The van der Waals surface area contributed by atoms with Crippen LogP contribution in [0.5, 0.6) is 0 Å². The number of carbonyl (C=O) groups is 1. The van der Waals surface area contributed by atoms with Gasteiger partial charge in [0.2, 0.25) is 15.9 Å². The van der Waals surface area contributed by atoms with Crippen LogP contribution in [0.4, 0.5) is 13.2 Å². The molecule has 29 heavy (non-hydrogen) atoms. The zero-order chi connectivity index (χ0) is 21.3. The van der Waals surface area contributed by atoms with Crippen LogP contribution in [0.15, 0.2) is 12.1 Å². The molecular weight excluding hydrogens is 407 g/mol. The van der Waals surface area contributed by atoms with E-state index in [9.17, 15) is 26.4 Å². The highest BCUT2D eigenvalue weighted by Crippen LogP contribution is 2.41. The average molecular weight is 433 g/mol. The molecule has 3 rings (SSSR count). The third-order valence-electron chi connectivity index (χ3n) is 5.91. The maximum atomic E-state index is 13.9. The third-order valence-corrected chi connectivity index (χ3v) is 7.87. The van der Waals surface area contributed by atoms with Crippen LogP contribution in [-0.4, -0.2) is 49.1 Å². The Kier molecular flexibility index (Phi) is 6.54. The Balaban J connectivity index is 1.65. The van der Waals surface area contributed by atoms with Crippen molar-refractivity contribution in [3.63, 3.8) is 0 Å². The van der Waals surface area contributed by atoms with E-state index < -0.39 is 33.5 Å². The summed E-state index contributed by atoms with van der Waals surface area (Å²) in [5.41, 5.74) is 6.28. The lowest BCUT2D eigenvalue weighted by Gasteiger charge is -2.40. The zero-order valence-electron chi connectivity index (χ0n) is 16.2. The smallest absolute Gasteiger partial charge is 0.216 e. The Hall–Kier alpha value is -1.65. The predicted octanol–water partition coefficient (Wildman–Crippen LogP) is 1.68. The molecule has 6 nitrogen and oxygen atoms in total. The molecule has 2 fully saturated rings. The van der Waals surface area contributed by atoms with Crippen LogP contribution in [0.2, 0.25) is 0 Å². The summed E-state index contributed by atoms with van der Waals surface area (Å²) in [4.78, 5) is 11.0. The number of rotatable bonds is 7. The van der Waals surface area contributed by atoms with E-state index in [0.717, 1.165) is 18.9 Å². The highest BCUT2D eigenvalue weighted by Gasteiger charge is 2.47. The maximum absolute atomic E-state index is 13.9. The number of amides is 1. The number of nitrogens with two attached hydrogens (primary N) is 1. The molecule has 2 bridgehead atoms. The van der Waals surface area contributed by atoms with E-state index in [1.54, 1.807) is 4.31 Å². The number of halogens is 3. The fraction of sp³-hybridized carbons (Fsp3) is 0.632. The van der Waals surface area contributed by atoms with Gasteiger partial charge in [-0.3, -0.25) is 4.79 Å². The van der Waals surface area contributed by atoms with Gasteiger partial charge >= 0.3 is 0 Å². The summed E-state index contributed by atoms with van der Waals surface area (Å²) in [7, 11) is -3.51. The van der Waals surface area contributed by atoms with E-state index in [-0.39, 0.29) is 48.2 Å². The van der Waals surface area contributed by atoms with E-state index >= 15 is 0 Å². The van der Waals surface area contributed by atoms with Crippen molar-refractivity contribution in [3.05, 3.63) is 35.1 Å². The first-order valence-corrected chi connectivity index (χ1v) is 11.3. The van der Waals surface area contributed by atoms with Crippen LogP contribution >= 0.6 is 0 Å². The van der Waals surface area contributed by atoms with Crippen molar-refractivity contribution in [2.24, 2.45) is 11.7 Å². The SMILES string of the molecule is CC(=O)NCCS(=O)(=O)N1C2CCC1CC(C(N)Cc1cc(F)c(F)cc1F)C2. The molecule has 3 unspecified atom stereocenters. The Labute approximate surface area is 168 Å². The molecule has 0 aliphatic carbocycles. The molecule has 10 heteroatoms. The van der Waals surface area contributed by atoms with Crippen LogP contribution in [0.1, 0.15) is 38.2 Å². The summed E-state index contributed by atoms with van der Waals surface area (Å²) < 4.78 is 67.5. The molecule has 162 valence electrons. The Bertz CT molecular complexity index is 867. The van der Waals surface area contributed by atoms with Crippen LogP contribution < -0.4 is 11.1 Å². The standard InChI is InChI=1S/C19H26F3N3O3S/c1-11(26)24-4-5-29(27,28)25-14-2-3-15(25)7-13(6-14)19(23)9-12-8-17(21)18(22)10-16(12)20/h8,10,13-15,19H,2-7,9,23H2,1H3,(H,24,26). The second-order valence-corrected chi connectivity index (χ2v) is 9.96. The molecular formula is C19H26F3N3O3S. The molecule has 1 aromatic carbocycles. The topological polar surface area (TPSA) is 92.5 Å². The van der Waals surface area contributed by atoms with E-state index in [1.165, 1.54) is 6.92 Å². The summed E-state index contributed by atoms with van der Waals surface area (Å²) >= 11 is 0. The van der Waals surface area contributed by atoms with Gasteiger partial charge in [-0.15, -0.1) is 0 Å². The van der Waals surface area contributed by atoms with Gasteiger partial charge in [0, 0.05) is 37.7 Å². The first-order valence-electron chi connectivity index (χ1n) is 9.73. The third kappa shape index (κ3) is 4.92. The van der Waals surface area contributed by atoms with Gasteiger partial charge in [-0.1, -0.05) is 0 Å². The van der Waals surface area contributed by atoms with Gasteiger partial charge in [0.1, 0.15) is 5.82 Å². The number of piperidine rings is 1. The largest absolute Gasteiger partial charge is 0.355 e. The van der Waals surface area contributed by atoms with Crippen molar-refractivity contribution in [1.82, 2.24) is 9.62 Å². The van der Waals surface area contributed by atoms with Crippen LogP contribution in [-0.2, 0) is 21.2 Å². The maximum Gasteiger partial charge on any atom is 0.216 e. The van der Waals surface area contributed by atoms with Crippen molar-refractivity contribution >= 4 is 15.9 Å². The number of hydrogen-bond acceptors (Lipinski definition) is 4. The lowest BCUT2D eigenvalue weighted by Crippen LogP contribution is -2.51. The number of fused-ring (bicyclic) bond motifs is 2. The molecule has 0 aromatic heterocycles.